The van der Waals surface area contributed by atoms with E-state index in [1.807, 2.05) is 41.0 Å². The molecular formula is C21H24N6O. The van der Waals surface area contributed by atoms with Gasteiger partial charge in [-0.1, -0.05) is 18.2 Å². The lowest BCUT2D eigenvalue weighted by atomic mass is 9.91. The molecule has 1 aliphatic carbocycles. The lowest BCUT2D eigenvalue weighted by Gasteiger charge is -2.20. The number of imidazole rings is 1. The first-order chi connectivity index (χ1) is 13.7. The third-order valence-corrected chi connectivity index (χ3v) is 5.84. The van der Waals surface area contributed by atoms with E-state index in [1.54, 1.807) is 12.5 Å². The molecule has 1 saturated carbocycles. The molecule has 3 aromatic rings. The molecule has 1 amide bonds. The second kappa shape index (κ2) is 7.00. The molecule has 2 aliphatic rings. The maximum atomic E-state index is 13.0. The Kier molecular flexibility index (Phi) is 4.33. The minimum atomic E-state index is -0.0540. The van der Waals surface area contributed by atoms with E-state index in [2.05, 4.69) is 33.1 Å². The number of hydrogen-bond acceptors (Lipinski definition) is 5. The Balaban J connectivity index is 1.37. The lowest BCUT2D eigenvalue weighted by Crippen LogP contribution is -2.42. The molecule has 3 N–H and O–H groups in total. The van der Waals surface area contributed by atoms with E-state index in [-0.39, 0.29) is 23.9 Å². The number of hydrogen-bond donors (Lipinski definition) is 3. The normalized spacial score (nSPS) is 24.5. The number of benzene rings is 1. The van der Waals surface area contributed by atoms with Crippen LogP contribution in [0.25, 0.3) is 16.9 Å². The first kappa shape index (κ1) is 17.3. The Morgan fingerprint density at radius 2 is 2.04 bits per heavy atom. The van der Waals surface area contributed by atoms with Crippen molar-refractivity contribution in [2.24, 2.45) is 11.8 Å². The number of nitrogens with zero attached hydrogens (tertiary/aromatic N) is 3. The highest BCUT2D eigenvalue weighted by Gasteiger charge is 2.46. The second-order valence-corrected chi connectivity index (χ2v) is 7.77. The Hall–Kier alpha value is -2.77. The molecule has 2 aromatic heterocycles. The zero-order valence-electron chi connectivity index (χ0n) is 15.8. The van der Waals surface area contributed by atoms with Crippen LogP contribution in [0.1, 0.15) is 25.3 Å². The third kappa shape index (κ3) is 3.06. The van der Waals surface area contributed by atoms with Gasteiger partial charge in [-0.3, -0.25) is 20.2 Å². The van der Waals surface area contributed by atoms with Gasteiger partial charge in [-0.15, -0.1) is 0 Å². The van der Waals surface area contributed by atoms with Crippen molar-refractivity contribution in [1.29, 1.82) is 0 Å². The highest BCUT2D eigenvalue weighted by molar-refractivity contribution is 5.81. The number of amides is 1. The Morgan fingerprint density at radius 1 is 1.18 bits per heavy atom. The summed E-state index contributed by atoms with van der Waals surface area (Å²) < 4.78 is 1.98. The monoisotopic (exact) mass is 376 g/mol. The molecule has 28 heavy (non-hydrogen) atoms. The molecule has 144 valence electrons. The fraction of sp³-hybridized carbons (Fsp3) is 0.381. The number of rotatable bonds is 5. The number of para-hydroxylation sites is 2. The van der Waals surface area contributed by atoms with E-state index in [4.69, 9.17) is 0 Å². The van der Waals surface area contributed by atoms with Crippen molar-refractivity contribution < 1.29 is 4.79 Å². The average molecular weight is 376 g/mol. The van der Waals surface area contributed by atoms with Crippen LogP contribution in [0.4, 0.5) is 0 Å². The summed E-state index contributed by atoms with van der Waals surface area (Å²) in [5.41, 5.74) is 9.44. The standard InChI is InChI=1S/C21H24N6O/c1-13-18(19(26-25-13)14-8-9-14)21(28)23-11-15-5-4-10-22-20(15)27-12-24-16-6-2-3-7-17(16)27/h2-7,10,12-14,18-19,25-26H,8-9,11H2,1H3,(H,23,28). The van der Waals surface area contributed by atoms with Crippen LogP contribution in [0.3, 0.4) is 0 Å². The van der Waals surface area contributed by atoms with Crippen molar-refractivity contribution in [3.63, 3.8) is 0 Å². The van der Waals surface area contributed by atoms with Crippen LogP contribution in [-0.4, -0.2) is 32.5 Å². The highest BCUT2D eigenvalue weighted by atomic mass is 16.2. The lowest BCUT2D eigenvalue weighted by molar-refractivity contribution is -0.125. The number of carbonyl (C=O) groups is 1. The molecular weight excluding hydrogens is 352 g/mol. The van der Waals surface area contributed by atoms with E-state index >= 15 is 0 Å². The van der Waals surface area contributed by atoms with Crippen LogP contribution < -0.4 is 16.2 Å². The van der Waals surface area contributed by atoms with Gasteiger partial charge in [-0.05, 0) is 43.9 Å². The highest BCUT2D eigenvalue weighted by Crippen LogP contribution is 2.38. The first-order valence-electron chi connectivity index (χ1n) is 9.87. The predicted molar refractivity (Wildman–Crippen MR) is 106 cm³/mol. The number of carbonyl (C=O) groups excluding carboxylic acids is 1. The van der Waals surface area contributed by atoms with E-state index < -0.39 is 0 Å². The molecule has 3 heterocycles. The topological polar surface area (TPSA) is 83.9 Å². The van der Waals surface area contributed by atoms with E-state index in [9.17, 15) is 4.79 Å². The summed E-state index contributed by atoms with van der Waals surface area (Å²) >= 11 is 0. The van der Waals surface area contributed by atoms with Gasteiger partial charge in [0.1, 0.15) is 12.1 Å². The molecule has 5 rings (SSSR count). The summed E-state index contributed by atoms with van der Waals surface area (Å²) in [6.45, 7) is 2.50. The molecule has 3 atom stereocenters. The van der Waals surface area contributed by atoms with Crippen LogP contribution in [-0.2, 0) is 11.3 Å². The van der Waals surface area contributed by atoms with Crippen LogP contribution in [0, 0.1) is 11.8 Å². The number of pyridine rings is 1. The van der Waals surface area contributed by atoms with E-state index in [1.165, 1.54) is 12.8 Å². The first-order valence-corrected chi connectivity index (χ1v) is 9.87. The van der Waals surface area contributed by atoms with E-state index in [0.717, 1.165) is 22.4 Å². The number of aromatic nitrogens is 3. The van der Waals surface area contributed by atoms with Crippen molar-refractivity contribution in [3.8, 4) is 5.82 Å². The van der Waals surface area contributed by atoms with Gasteiger partial charge in [-0.2, -0.15) is 0 Å². The summed E-state index contributed by atoms with van der Waals surface area (Å²) in [4.78, 5) is 22.0. The molecule has 7 nitrogen and oxygen atoms in total. The van der Waals surface area contributed by atoms with Crippen LogP contribution in [0.15, 0.2) is 48.9 Å². The van der Waals surface area contributed by atoms with Gasteiger partial charge < -0.3 is 5.32 Å². The smallest absolute Gasteiger partial charge is 0.226 e. The van der Waals surface area contributed by atoms with Gasteiger partial charge in [0, 0.05) is 30.4 Å². The maximum absolute atomic E-state index is 13.0. The second-order valence-electron chi connectivity index (χ2n) is 7.77. The van der Waals surface area contributed by atoms with Crippen LogP contribution in [0.5, 0.6) is 0 Å². The van der Waals surface area contributed by atoms with Gasteiger partial charge >= 0.3 is 0 Å². The quantitative estimate of drug-likeness (QED) is 0.634. The van der Waals surface area contributed by atoms with Gasteiger partial charge in [0.25, 0.3) is 0 Å². The summed E-state index contributed by atoms with van der Waals surface area (Å²) in [5, 5.41) is 3.14. The van der Waals surface area contributed by atoms with Crippen LogP contribution >= 0.6 is 0 Å². The zero-order valence-corrected chi connectivity index (χ0v) is 15.8. The Morgan fingerprint density at radius 3 is 2.89 bits per heavy atom. The minimum Gasteiger partial charge on any atom is -0.352 e. The SMILES string of the molecule is CC1NNC(C2CC2)C1C(=O)NCc1cccnc1-n1cnc2ccccc21. The van der Waals surface area contributed by atoms with Gasteiger partial charge in [0.05, 0.1) is 17.0 Å². The maximum Gasteiger partial charge on any atom is 0.226 e. The molecule has 0 spiro atoms. The number of nitrogens with one attached hydrogen (secondary N) is 3. The average Bonchev–Trinajstić information content (AvgIpc) is 3.36. The van der Waals surface area contributed by atoms with Gasteiger partial charge in [0.2, 0.25) is 5.91 Å². The van der Waals surface area contributed by atoms with Crippen molar-refractivity contribution in [2.45, 2.75) is 38.4 Å². The summed E-state index contributed by atoms with van der Waals surface area (Å²) in [7, 11) is 0. The van der Waals surface area contributed by atoms with Crippen molar-refractivity contribution >= 4 is 16.9 Å². The molecule has 0 radical (unpaired) electrons. The van der Waals surface area contributed by atoms with Crippen LogP contribution in [0.2, 0.25) is 0 Å². The molecule has 7 heteroatoms. The van der Waals surface area contributed by atoms with E-state index in [0.29, 0.717) is 12.5 Å². The summed E-state index contributed by atoms with van der Waals surface area (Å²) in [6, 6.07) is 12.2. The summed E-state index contributed by atoms with van der Waals surface area (Å²) in [6.07, 6.45) is 5.96. The van der Waals surface area contributed by atoms with Gasteiger partial charge in [0.15, 0.2) is 0 Å². The minimum absolute atomic E-state index is 0.0540. The van der Waals surface area contributed by atoms with Crippen molar-refractivity contribution in [1.82, 2.24) is 30.7 Å². The molecule has 2 fully saturated rings. The molecule has 0 bridgehead atoms. The molecule has 3 unspecified atom stereocenters. The molecule has 1 aliphatic heterocycles. The number of hydrazine groups is 1. The predicted octanol–water partition coefficient (Wildman–Crippen LogP) is 1.93. The zero-order chi connectivity index (χ0) is 19.1. The Labute approximate surface area is 163 Å². The fourth-order valence-corrected chi connectivity index (χ4v) is 4.19. The third-order valence-electron chi connectivity index (χ3n) is 5.84. The van der Waals surface area contributed by atoms with Gasteiger partial charge in [-0.25, -0.2) is 9.97 Å². The molecule has 1 saturated heterocycles. The largest absolute Gasteiger partial charge is 0.352 e. The number of fused-ring (bicyclic) bond motifs is 1. The van der Waals surface area contributed by atoms with Crippen molar-refractivity contribution in [3.05, 3.63) is 54.5 Å². The summed E-state index contributed by atoms with van der Waals surface area (Å²) in [5.74, 6) is 1.44. The molecule has 1 aromatic carbocycles. The fourth-order valence-electron chi connectivity index (χ4n) is 4.19. The van der Waals surface area contributed by atoms with Crippen molar-refractivity contribution in [2.75, 3.05) is 0 Å². The Bertz CT molecular complexity index is 1010.